The number of aryl methyl sites for hydroxylation is 3. The molecule has 0 bridgehead atoms. The fraction of sp³-hybridized carbons (Fsp3) is 0.517. The summed E-state index contributed by atoms with van der Waals surface area (Å²) in [7, 11) is -3.75. The first-order valence-electron chi connectivity index (χ1n) is 13.2. The zero-order valence-electron chi connectivity index (χ0n) is 22.8. The Bertz CT molecular complexity index is 1210. The highest BCUT2D eigenvalue weighted by atomic mass is 32.2. The molecule has 1 N–H and O–H groups in total. The second-order valence-electron chi connectivity index (χ2n) is 10.3. The first-order valence-corrected chi connectivity index (χ1v) is 15.1. The van der Waals surface area contributed by atoms with Crippen LogP contribution < -0.4 is 9.62 Å². The van der Waals surface area contributed by atoms with Crippen LogP contribution in [0.15, 0.2) is 42.5 Å². The molecule has 0 unspecified atom stereocenters. The summed E-state index contributed by atoms with van der Waals surface area (Å²) >= 11 is 0. The van der Waals surface area contributed by atoms with Gasteiger partial charge in [-0.3, -0.25) is 13.9 Å². The molecule has 7 nitrogen and oxygen atoms in total. The first kappa shape index (κ1) is 28.7. The molecular weight excluding hydrogens is 486 g/mol. The molecule has 0 spiro atoms. The van der Waals surface area contributed by atoms with Crippen molar-refractivity contribution in [1.82, 2.24) is 10.2 Å². The zero-order valence-corrected chi connectivity index (χ0v) is 23.6. The highest BCUT2D eigenvalue weighted by molar-refractivity contribution is 7.92. The molecule has 0 aromatic heterocycles. The molecule has 1 atom stereocenters. The first-order chi connectivity index (χ1) is 17.5. The fourth-order valence-corrected chi connectivity index (χ4v) is 6.02. The summed E-state index contributed by atoms with van der Waals surface area (Å²) in [6, 6.07) is 12.6. The Hall–Kier alpha value is -2.87. The number of carbonyl (C=O) groups excluding carboxylic acids is 2. The number of hydrogen-bond acceptors (Lipinski definition) is 4. The molecule has 0 heterocycles. The quantitative estimate of drug-likeness (QED) is 0.488. The van der Waals surface area contributed by atoms with E-state index in [0.717, 1.165) is 58.5 Å². The van der Waals surface area contributed by atoms with E-state index in [1.54, 1.807) is 11.0 Å². The van der Waals surface area contributed by atoms with Crippen molar-refractivity contribution in [2.45, 2.75) is 84.8 Å². The largest absolute Gasteiger partial charge is 0.352 e. The molecule has 2 aromatic rings. The molecule has 202 valence electrons. The number of rotatable bonds is 10. The van der Waals surface area contributed by atoms with Crippen LogP contribution in [0, 0.1) is 20.8 Å². The van der Waals surface area contributed by atoms with Crippen molar-refractivity contribution < 1.29 is 18.0 Å². The van der Waals surface area contributed by atoms with E-state index >= 15 is 0 Å². The van der Waals surface area contributed by atoms with Gasteiger partial charge >= 0.3 is 0 Å². The molecule has 37 heavy (non-hydrogen) atoms. The summed E-state index contributed by atoms with van der Waals surface area (Å²) in [5.41, 5.74) is 4.18. The third-order valence-corrected chi connectivity index (χ3v) is 8.37. The lowest BCUT2D eigenvalue weighted by Gasteiger charge is -2.34. The van der Waals surface area contributed by atoms with Gasteiger partial charge in [0.1, 0.15) is 12.6 Å². The minimum atomic E-state index is -3.75. The summed E-state index contributed by atoms with van der Waals surface area (Å²) in [5.74, 6) is -0.576. The number of carbonyl (C=O) groups is 2. The van der Waals surface area contributed by atoms with Crippen LogP contribution in [0.5, 0.6) is 0 Å². The second-order valence-corrected chi connectivity index (χ2v) is 12.2. The van der Waals surface area contributed by atoms with E-state index in [2.05, 4.69) is 5.32 Å². The summed E-state index contributed by atoms with van der Waals surface area (Å²) < 4.78 is 26.9. The van der Waals surface area contributed by atoms with Crippen LogP contribution in [0.2, 0.25) is 0 Å². The number of nitrogens with zero attached hydrogens (tertiary/aromatic N) is 2. The van der Waals surface area contributed by atoms with Gasteiger partial charge in [-0.2, -0.15) is 0 Å². The Labute approximate surface area is 222 Å². The van der Waals surface area contributed by atoms with E-state index in [4.69, 9.17) is 0 Å². The SMILES string of the molecule is CC[C@@H](C(=O)NC1CCCCC1)N(Cc1ccccc1C)C(=O)CN(c1ccc(C)cc1C)S(C)(=O)=O. The average Bonchev–Trinajstić information content (AvgIpc) is 2.84. The lowest BCUT2D eigenvalue weighted by atomic mass is 9.95. The minimum absolute atomic E-state index is 0.119. The van der Waals surface area contributed by atoms with E-state index in [1.807, 2.05) is 64.1 Å². The van der Waals surface area contributed by atoms with Crippen LogP contribution in [-0.2, 0) is 26.2 Å². The van der Waals surface area contributed by atoms with Crippen molar-refractivity contribution in [3.8, 4) is 0 Å². The van der Waals surface area contributed by atoms with Gasteiger partial charge in [0.15, 0.2) is 0 Å². The Morgan fingerprint density at radius 1 is 1.00 bits per heavy atom. The van der Waals surface area contributed by atoms with Gasteiger partial charge in [-0.05, 0) is 62.8 Å². The molecule has 2 amide bonds. The van der Waals surface area contributed by atoms with Gasteiger partial charge in [0.05, 0.1) is 11.9 Å². The molecule has 0 saturated heterocycles. The van der Waals surface area contributed by atoms with Crippen molar-refractivity contribution in [3.05, 3.63) is 64.7 Å². The summed E-state index contributed by atoms with van der Waals surface area (Å²) in [6.45, 7) is 7.49. The summed E-state index contributed by atoms with van der Waals surface area (Å²) in [5, 5.41) is 3.17. The predicted octanol–water partition coefficient (Wildman–Crippen LogP) is 4.63. The van der Waals surface area contributed by atoms with Gasteiger partial charge in [-0.15, -0.1) is 0 Å². The molecule has 0 aliphatic heterocycles. The van der Waals surface area contributed by atoms with Crippen LogP contribution in [0.1, 0.15) is 67.7 Å². The number of nitrogens with one attached hydrogen (secondary N) is 1. The van der Waals surface area contributed by atoms with Crippen LogP contribution in [0.3, 0.4) is 0 Å². The Morgan fingerprint density at radius 3 is 2.27 bits per heavy atom. The molecular formula is C29H41N3O4S. The Kier molecular flexibility index (Phi) is 9.76. The third-order valence-electron chi connectivity index (χ3n) is 7.24. The van der Waals surface area contributed by atoms with Crippen LogP contribution in [0.25, 0.3) is 0 Å². The highest BCUT2D eigenvalue weighted by Gasteiger charge is 2.33. The predicted molar refractivity (Wildman–Crippen MR) is 149 cm³/mol. The number of benzene rings is 2. The molecule has 1 fully saturated rings. The summed E-state index contributed by atoms with van der Waals surface area (Å²) in [4.78, 5) is 28.9. The van der Waals surface area contributed by atoms with Crippen LogP contribution >= 0.6 is 0 Å². The number of amides is 2. The lowest BCUT2D eigenvalue weighted by Crippen LogP contribution is -2.54. The van der Waals surface area contributed by atoms with Gasteiger partial charge in [0.2, 0.25) is 21.8 Å². The number of sulfonamides is 1. The normalized spacial score (nSPS) is 15.2. The van der Waals surface area contributed by atoms with Crippen molar-refractivity contribution in [2.24, 2.45) is 0 Å². The third kappa shape index (κ3) is 7.57. The van der Waals surface area contributed by atoms with E-state index in [9.17, 15) is 18.0 Å². The van der Waals surface area contributed by atoms with Gasteiger partial charge in [0, 0.05) is 12.6 Å². The molecule has 1 saturated carbocycles. The topological polar surface area (TPSA) is 86.8 Å². The molecule has 0 radical (unpaired) electrons. The number of anilines is 1. The lowest BCUT2D eigenvalue weighted by molar-refractivity contribution is -0.140. The smallest absolute Gasteiger partial charge is 0.244 e. The maximum Gasteiger partial charge on any atom is 0.244 e. The van der Waals surface area contributed by atoms with Crippen molar-refractivity contribution in [3.63, 3.8) is 0 Å². The van der Waals surface area contributed by atoms with E-state index in [-0.39, 0.29) is 25.0 Å². The maximum atomic E-state index is 13.9. The monoisotopic (exact) mass is 527 g/mol. The van der Waals surface area contributed by atoms with Crippen molar-refractivity contribution in [1.29, 1.82) is 0 Å². The number of hydrogen-bond donors (Lipinski definition) is 1. The van der Waals surface area contributed by atoms with Crippen molar-refractivity contribution in [2.75, 3.05) is 17.1 Å². The summed E-state index contributed by atoms with van der Waals surface area (Å²) in [6.07, 6.45) is 6.79. The van der Waals surface area contributed by atoms with Gasteiger partial charge < -0.3 is 10.2 Å². The van der Waals surface area contributed by atoms with E-state index in [1.165, 1.54) is 6.42 Å². The molecule has 1 aliphatic rings. The second kappa shape index (κ2) is 12.6. The Balaban J connectivity index is 1.94. The van der Waals surface area contributed by atoms with Crippen LogP contribution in [0.4, 0.5) is 5.69 Å². The molecule has 3 rings (SSSR count). The van der Waals surface area contributed by atoms with Gasteiger partial charge in [-0.1, -0.05) is 68.1 Å². The van der Waals surface area contributed by atoms with Gasteiger partial charge in [0.25, 0.3) is 0 Å². The standard InChI is InChI=1S/C29H41N3O4S/c1-6-26(29(34)30-25-14-8-7-9-15-25)31(19-24-13-11-10-12-22(24)3)28(33)20-32(37(5,35)36)27-17-16-21(2)18-23(27)4/h10-13,16-18,25-26H,6-9,14-15,19-20H2,1-5H3,(H,30,34)/t26-/m0/s1. The zero-order chi connectivity index (χ0) is 27.2. The van der Waals surface area contributed by atoms with Crippen LogP contribution in [-0.4, -0.2) is 50.0 Å². The fourth-order valence-electron chi connectivity index (χ4n) is 5.11. The molecule has 2 aromatic carbocycles. The molecule has 8 heteroatoms. The Morgan fingerprint density at radius 2 is 1.68 bits per heavy atom. The minimum Gasteiger partial charge on any atom is -0.352 e. The highest BCUT2D eigenvalue weighted by Crippen LogP contribution is 2.25. The van der Waals surface area contributed by atoms with Crippen molar-refractivity contribution >= 4 is 27.5 Å². The molecule has 1 aliphatic carbocycles. The van der Waals surface area contributed by atoms with E-state index in [0.29, 0.717) is 12.1 Å². The van der Waals surface area contributed by atoms with Gasteiger partial charge in [-0.25, -0.2) is 8.42 Å². The maximum absolute atomic E-state index is 13.9. The van der Waals surface area contributed by atoms with E-state index < -0.39 is 22.0 Å². The average molecular weight is 528 g/mol.